The van der Waals surface area contributed by atoms with Crippen LogP contribution in [0, 0.1) is 0 Å². The predicted octanol–water partition coefficient (Wildman–Crippen LogP) is 3.96. The zero-order valence-corrected chi connectivity index (χ0v) is 16.6. The van der Waals surface area contributed by atoms with Gasteiger partial charge >= 0.3 is 6.18 Å². The zero-order chi connectivity index (χ0) is 20.9. The van der Waals surface area contributed by atoms with Crippen LogP contribution in [0.2, 0.25) is 5.15 Å². The summed E-state index contributed by atoms with van der Waals surface area (Å²) in [5, 5.41) is 3.65. The summed E-state index contributed by atoms with van der Waals surface area (Å²) < 4.78 is 40.2. The van der Waals surface area contributed by atoms with Crippen LogP contribution in [0.1, 0.15) is 24.3 Å². The molecule has 4 heterocycles. The van der Waals surface area contributed by atoms with Crippen LogP contribution in [-0.2, 0) is 0 Å². The van der Waals surface area contributed by atoms with Gasteiger partial charge in [0.25, 0.3) is 0 Å². The summed E-state index contributed by atoms with van der Waals surface area (Å²) in [5.74, 6) is 1.26. The van der Waals surface area contributed by atoms with E-state index in [4.69, 9.17) is 16.6 Å². The van der Waals surface area contributed by atoms with E-state index in [0.717, 1.165) is 23.8 Å². The second-order valence-corrected chi connectivity index (χ2v) is 8.02. The molecular weight excluding hydrogens is 417 g/mol. The Morgan fingerprint density at radius 3 is 2.73 bits per heavy atom. The average Bonchev–Trinajstić information content (AvgIpc) is 3.57. The first kappa shape index (κ1) is 19.4. The normalized spacial score (nSPS) is 20.0. The fourth-order valence-electron chi connectivity index (χ4n) is 3.85. The van der Waals surface area contributed by atoms with Gasteiger partial charge in [0.2, 0.25) is 0 Å². The Hall–Kier alpha value is -2.52. The van der Waals surface area contributed by atoms with Crippen LogP contribution in [0.15, 0.2) is 30.7 Å². The molecule has 0 radical (unpaired) electrons. The van der Waals surface area contributed by atoms with E-state index >= 15 is 0 Å². The maximum absolute atomic E-state index is 13.4. The molecular formula is C20H18ClF3N6. The first-order chi connectivity index (χ1) is 14.4. The largest absolute Gasteiger partial charge is 0.405 e. The summed E-state index contributed by atoms with van der Waals surface area (Å²) in [6.07, 6.45) is 2.73. The van der Waals surface area contributed by atoms with E-state index in [1.54, 1.807) is 35.6 Å². The van der Waals surface area contributed by atoms with Gasteiger partial charge in [-0.2, -0.15) is 13.2 Å². The minimum absolute atomic E-state index is 0.210. The van der Waals surface area contributed by atoms with Crippen molar-refractivity contribution in [2.75, 3.05) is 24.5 Å². The highest BCUT2D eigenvalue weighted by Crippen LogP contribution is 2.45. The Balaban J connectivity index is 1.68. The molecule has 0 unspecified atom stereocenters. The molecule has 30 heavy (non-hydrogen) atoms. The van der Waals surface area contributed by atoms with Gasteiger partial charge in [0, 0.05) is 43.0 Å². The van der Waals surface area contributed by atoms with Gasteiger partial charge < -0.3 is 10.2 Å². The number of anilines is 1. The van der Waals surface area contributed by atoms with Crippen LogP contribution < -0.4 is 10.2 Å². The van der Waals surface area contributed by atoms with E-state index in [2.05, 4.69) is 20.3 Å². The van der Waals surface area contributed by atoms with E-state index in [1.807, 2.05) is 0 Å². The van der Waals surface area contributed by atoms with E-state index in [9.17, 15) is 13.2 Å². The lowest BCUT2D eigenvalue weighted by Gasteiger charge is -2.36. The number of nitrogens with zero attached hydrogens (tertiary/aromatic N) is 5. The third-order valence-corrected chi connectivity index (χ3v) is 5.70. The van der Waals surface area contributed by atoms with Crippen molar-refractivity contribution in [2.24, 2.45) is 0 Å². The standard InChI is InChI=1S/C20H18ClF3N6/c21-16-7-12(3-4-27-16)18-28-14-9-25-8-13(11-1-2-11)17(14)19(29-18)30-6-5-26-15(10-30)20(22,23)24/h3-4,7-9,11,15,26H,1-2,5-6,10H2/t15-/m1/s1. The highest BCUT2D eigenvalue weighted by molar-refractivity contribution is 6.29. The van der Waals surface area contributed by atoms with Crippen molar-refractivity contribution < 1.29 is 13.2 Å². The first-order valence-electron chi connectivity index (χ1n) is 9.73. The van der Waals surface area contributed by atoms with Gasteiger partial charge in [0.1, 0.15) is 17.0 Å². The second-order valence-electron chi connectivity index (χ2n) is 7.63. The van der Waals surface area contributed by atoms with Crippen LogP contribution in [0.3, 0.4) is 0 Å². The molecule has 1 aliphatic heterocycles. The molecule has 0 spiro atoms. The number of halogens is 4. The lowest BCUT2D eigenvalue weighted by atomic mass is 10.1. The van der Waals surface area contributed by atoms with Gasteiger partial charge in [-0.1, -0.05) is 11.6 Å². The van der Waals surface area contributed by atoms with Gasteiger partial charge in [0.15, 0.2) is 5.82 Å². The molecule has 3 aromatic heterocycles. The monoisotopic (exact) mass is 434 g/mol. The fraction of sp³-hybridized carbons (Fsp3) is 0.400. The Kier molecular flexibility index (Phi) is 4.74. The van der Waals surface area contributed by atoms with E-state index in [1.165, 1.54) is 0 Å². The fourth-order valence-corrected chi connectivity index (χ4v) is 4.03. The molecule has 5 rings (SSSR count). The molecule has 1 N–H and O–H groups in total. The van der Waals surface area contributed by atoms with Crippen molar-refractivity contribution in [3.63, 3.8) is 0 Å². The van der Waals surface area contributed by atoms with Crippen molar-refractivity contribution >= 4 is 28.3 Å². The maximum Gasteiger partial charge on any atom is 0.405 e. The maximum atomic E-state index is 13.4. The Morgan fingerprint density at radius 2 is 2.00 bits per heavy atom. The quantitative estimate of drug-likeness (QED) is 0.629. The van der Waals surface area contributed by atoms with E-state index < -0.39 is 12.2 Å². The van der Waals surface area contributed by atoms with Crippen molar-refractivity contribution in [1.82, 2.24) is 25.3 Å². The topological polar surface area (TPSA) is 66.8 Å². The number of piperazine rings is 1. The number of nitrogens with one attached hydrogen (secondary N) is 1. The summed E-state index contributed by atoms with van der Waals surface area (Å²) in [5.41, 5.74) is 2.27. The Labute approximate surface area is 175 Å². The van der Waals surface area contributed by atoms with E-state index in [0.29, 0.717) is 40.3 Å². The molecule has 156 valence electrons. The summed E-state index contributed by atoms with van der Waals surface area (Å²) in [6.45, 7) is 0.427. The summed E-state index contributed by atoms with van der Waals surface area (Å²) in [6, 6.07) is 1.76. The minimum Gasteiger partial charge on any atom is -0.353 e. The van der Waals surface area contributed by atoms with Gasteiger partial charge in [-0.3, -0.25) is 4.98 Å². The van der Waals surface area contributed by atoms with Crippen molar-refractivity contribution in [1.29, 1.82) is 0 Å². The molecule has 3 aromatic rings. The lowest BCUT2D eigenvalue weighted by molar-refractivity contribution is -0.155. The summed E-state index contributed by atoms with van der Waals surface area (Å²) >= 11 is 6.02. The second kappa shape index (κ2) is 7.31. The minimum atomic E-state index is -4.33. The highest BCUT2D eigenvalue weighted by atomic mass is 35.5. The van der Waals surface area contributed by atoms with Gasteiger partial charge in [-0.15, -0.1) is 0 Å². The Morgan fingerprint density at radius 1 is 1.17 bits per heavy atom. The first-order valence-corrected chi connectivity index (χ1v) is 10.1. The molecule has 1 aliphatic carbocycles. The lowest BCUT2D eigenvalue weighted by Crippen LogP contribution is -2.57. The molecule has 2 fully saturated rings. The molecule has 1 saturated heterocycles. The highest BCUT2D eigenvalue weighted by Gasteiger charge is 2.42. The van der Waals surface area contributed by atoms with Crippen molar-refractivity contribution in [3.05, 3.63) is 41.4 Å². The smallest absolute Gasteiger partial charge is 0.353 e. The number of alkyl halides is 3. The van der Waals surface area contributed by atoms with Crippen LogP contribution in [0.4, 0.5) is 19.0 Å². The molecule has 0 aromatic carbocycles. The summed E-state index contributed by atoms with van der Waals surface area (Å²) in [4.78, 5) is 19.4. The van der Waals surface area contributed by atoms with Crippen LogP contribution in [0.25, 0.3) is 22.3 Å². The number of hydrogen-bond donors (Lipinski definition) is 1. The number of hydrogen-bond acceptors (Lipinski definition) is 6. The number of aromatic nitrogens is 4. The molecule has 0 bridgehead atoms. The number of fused-ring (bicyclic) bond motifs is 1. The average molecular weight is 435 g/mol. The SMILES string of the molecule is FC(F)(F)[C@H]1CN(c2nc(-c3ccnc(Cl)c3)nc3cncc(C4CC4)c23)CCN1. The Bertz CT molecular complexity index is 1100. The van der Waals surface area contributed by atoms with Crippen molar-refractivity contribution in [3.8, 4) is 11.4 Å². The number of pyridine rings is 2. The molecule has 1 saturated carbocycles. The molecule has 6 nitrogen and oxygen atoms in total. The van der Waals surface area contributed by atoms with Gasteiger partial charge in [-0.05, 0) is 36.5 Å². The predicted molar refractivity (Wildman–Crippen MR) is 108 cm³/mol. The van der Waals surface area contributed by atoms with Crippen LogP contribution in [-0.4, -0.2) is 51.8 Å². The van der Waals surface area contributed by atoms with Gasteiger partial charge in [-0.25, -0.2) is 15.0 Å². The van der Waals surface area contributed by atoms with Crippen LogP contribution >= 0.6 is 11.6 Å². The third-order valence-electron chi connectivity index (χ3n) is 5.49. The third kappa shape index (κ3) is 3.67. The van der Waals surface area contributed by atoms with Crippen LogP contribution in [0.5, 0.6) is 0 Å². The number of rotatable bonds is 3. The van der Waals surface area contributed by atoms with Gasteiger partial charge in [0.05, 0.1) is 11.7 Å². The molecule has 2 aliphatic rings. The molecule has 0 amide bonds. The summed E-state index contributed by atoms with van der Waals surface area (Å²) in [7, 11) is 0. The van der Waals surface area contributed by atoms with Crippen molar-refractivity contribution in [2.45, 2.75) is 31.0 Å². The molecule has 10 heteroatoms. The molecule has 1 atom stereocenters. The van der Waals surface area contributed by atoms with E-state index in [-0.39, 0.29) is 13.1 Å². The zero-order valence-electron chi connectivity index (χ0n) is 15.8.